The third kappa shape index (κ3) is 4.28. The molecule has 1 aliphatic heterocycles. The number of hydrogen-bond acceptors (Lipinski definition) is 8. The molecule has 5 rings (SSSR count). The van der Waals surface area contributed by atoms with Crippen LogP contribution in [0.25, 0.3) is 11.2 Å². The van der Waals surface area contributed by atoms with Crippen molar-refractivity contribution in [3.05, 3.63) is 88.5 Å². The summed E-state index contributed by atoms with van der Waals surface area (Å²) in [6.07, 6.45) is -4.28. The molecule has 3 heterocycles. The molecule has 1 aliphatic rings. The number of aromatic nitrogens is 4. The number of aromatic amines is 1. The second-order valence-electron chi connectivity index (χ2n) is 8.32. The predicted octanol–water partition coefficient (Wildman–Crippen LogP) is 0.269. The number of nitrogens with two attached hydrogens (primary N) is 1. The number of amides is 1. The van der Waals surface area contributed by atoms with E-state index in [9.17, 15) is 19.8 Å². The first-order valence-electron chi connectivity index (χ1n) is 11.1. The number of nitrogens with one attached hydrogen (secondary N) is 2. The SMILES string of the molecule is Nc1nc2c(ncn2[C@@H]2O[C@H](C(=O)NCC(c3ccccc3)c3ccccc3)[C@@H](O)[C@H]2O)c(=O)[nH]1. The Kier molecular flexibility index (Phi) is 6.03. The average Bonchev–Trinajstić information content (AvgIpc) is 3.41. The highest BCUT2D eigenvalue weighted by Gasteiger charge is 2.47. The number of rotatable bonds is 6. The van der Waals surface area contributed by atoms with E-state index in [1.54, 1.807) is 0 Å². The molecule has 11 heteroatoms. The third-order valence-corrected chi connectivity index (χ3v) is 6.11. The number of aliphatic hydroxyl groups excluding tert-OH is 2. The van der Waals surface area contributed by atoms with Crippen molar-refractivity contribution >= 4 is 23.0 Å². The Morgan fingerprint density at radius 1 is 1.09 bits per heavy atom. The second kappa shape index (κ2) is 9.29. The van der Waals surface area contributed by atoms with E-state index in [0.717, 1.165) is 11.1 Å². The fraction of sp³-hybridized carbons (Fsp3) is 0.250. The molecule has 0 saturated carbocycles. The summed E-state index contributed by atoms with van der Waals surface area (Å²) in [4.78, 5) is 35.5. The van der Waals surface area contributed by atoms with Gasteiger partial charge in [-0.2, -0.15) is 4.98 Å². The zero-order chi connectivity index (χ0) is 24.5. The zero-order valence-electron chi connectivity index (χ0n) is 18.5. The number of aliphatic hydroxyl groups is 2. The van der Waals surface area contributed by atoms with Gasteiger partial charge in [0.25, 0.3) is 11.5 Å². The lowest BCUT2D eigenvalue weighted by Crippen LogP contribution is -2.44. The zero-order valence-corrected chi connectivity index (χ0v) is 18.5. The maximum atomic E-state index is 13.0. The van der Waals surface area contributed by atoms with Gasteiger partial charge >= 0.3 is 0 Å². The van der Waals surface area contributed by atoms with Crippen LogP contribution in [0, 0.1) is 0 Å². The average molecular weight is 476 g/mol. The summed E-state index contributed by atoms with van der Waals surface area (Å²) in [6, 6.07) is 19.5. The van der Waals surface area contributed by atoms with E-state index >= 15 is 0 Å². The molecule has 1 amide bonds. The van der Waals surface area contributed by atoms with Crippen LogP contribution in [-0.4, -0.2) is 60.5 Å². The molecule has 1 saturated heterocycles. The molecule has 35 heavy (non-hydrogen) atoms. The highest BCUT2D eigenvalue weighted by Crippen LogP contribution is 2.31. The first-order chi connectivity index (χ1) is 16.9. The minimum Gasteiger partial charge on any atom is -0.387 e. The van der Waals surface area contributed by atoms with E-state index in [4.69, 9.17) is 10.5 Å². The van der Waals surface area contributed by atoms with E-state index in [0.29, 0.717) is 0 Å². The van der Waals surface area contributed by atoms with E-state index < -0.39 is 36.0 Å². The summed E-state index contributed by atoms with van der Waals surface area (Å²) >= 11 is 0. The molecule has 4 aromatic rings. The quantitative estimate of drug-likeness (QED) is 0.264. The van der Waals surface area contributed by atoms with Crippen LogP contribution >= 0.6 is 0 Å². The normalized spacial score (nSPS) is 22.0. The number of fused-ring (bicyclic) bond motifs is 1. The van der Waals surface area contributed by atoms with Gasteiger partial charge in [0.1, 0.15) is 12.2 Å². The summed E-state index contributed by atoms with van der Waals surface area (Å²) in [5.41, 5.74) is 7.17. The molecule has 11 nitrogen and oxygen atoms in total. The predicted molar refractivity (Wildman–Crippen MR) is 126 cm³/mol. The summed E-state index contributed by atoms with van der Waals surface area (Å²) in [5.74, 6) is -0.845. The first kappa shape index (κ1) is 22.7. The standard InChI is InChI=1S/C24H24N6O5/c25-24-28-20-16(21(33)29-24)27-12-30(20)23-18(32)17(31)19(35-23)22(34)26-11-15(13-7-3-1-4-8-13)14-9-5-2-6-10-14/h1-10,12,15,17-19,23,31-32H,11H2,(H,26,34)(H3,25,28,29,33)/t17-,18+,19-,23+/m0/s1. The molecule has 2 aromatic carbocycles. The van der Waals surface area contributed by atoms with Crippen LogP contribution in [0.15, 0.2) is 71.8 Å². The van der Waals surface area contributed by atoms with Gasteiger partial charge in [0.2, 0.25) is 5.95 Å². The Morgan fingerprint density at radius 2 is 1.71 bits per heavy atom. The number of nitrogens with zero attached hydrogens (tertiary/aromatic N) is 3. The monoisotopic (exact) mass is 476 g/mol. The van der Waals surface area contributed by atoms with Crippen LogP contribution in [0.3, 0.4) is 0 Å². The molecule has 2 aromatic heterocycles. The molecule has 0 spiro atoms. The van der Waals surface area contributed by atoms with Crippen molar-refractivity contribution in [2.24, 2.45) is 0 Å². The van der Waals surface area contributed by atoms with E-state index in [-0.39, 0.29) is 29.6 Å². The Bertz CT molecular complexity index is 1350. The maximum Gasteiger partial charge on any atom is 0.280 e. The summed E-state index contributed by atoms with van der Waals surface area (Å²) in [6.45, 7) is 0.252. The summed E-state index contributed by atoms with van der Waals surface area (Å²) < 4.78 is 7.02. The largest absolute Gasteiger partial charge is 0.387 e. The lowest BCUT2D eigenvalue weighted by atomic mass is 9.91. The number of imidazole rings is 1. The molecule has 0 unspecified atom stereocenters. The second-order valence-corrected chi connectivity index (χ2v) is 8.32. The van der Waals surface area contributed by atoms with E-state index in [1.807, 2.05) is 60.7 Å². The highest BCUT2D eigenvalue weighted by atomic mass is 16.6. The molecule has 6 N–H and O–H groups in total. The Balaban J connectivity index is 1.35. The van der Waals surface area contributed by atoms with Gasteiger partial charge in [-0.15, -0.1) is 0 Å². The molecule has 1 fully saturated rings. The van der Waals surface area contributed by atoms with Crippen LogP contribution in [0.4, 0.5) is 5.95 Å². The van der Waals surface area contributed by atoms with Crippen LogP contribution in [0.1, 0.15) is 23.3 Å². The van der Waals surface area contributed by atoms with Gasteiger partial charge in [0, 0.05) is 12.5 Å². The van der Waals surface area contributed by atoms with Gasteiger partial charge in [0.05, 0.1) is 6.33 Å². The first-order valence-corrected chi connectivity index (χ1v) is 11.1. The Labute approximate surface area is 199 Å². The number of ether oxygens (including phenoxy) is 1. The van der Waals surface area contributed by atoms with Crippen molar-refractivity contribution in [3.8, 4) is 0 Å². The maximum absolute atomic E-state index is 13.0. The van der Waals surface area contributed by atoms with Crippen LogP contribution < -0.4 is 16.6 Å². The molecule has 0 aliphatic carbocycles. The molecule has 0 radical (unpaired) electrons. The van der Waals surface area contributed by atoms with Crippen LogP contribution in [0.5, 0.6) is 0 Å². The van der Waals surface area contributed by atoms with Crippen molar-refractivity contribution in [2.75, 3.05) is 12.3 Å². The highest BCUT2D eigenvalue weighted by molar-refractivity contribution is 5.82. The van der Waals surface area contributed by atoms with Gasteiger partial charge < -0.3 is 26.0 Å². The third-order valence-electron chi connectivity index (χ3n) is 6.11. The van der Waals surface area contributed by atoms with Crippen molar-refractivity contribution < 1.29 is 19.7 Å². The Hall–Kier alpha value is -4.06. The van der Waals surface area contributed by atoms with Crippen LogP contribution in [-0.2, 0) is 9.53 Å². The minimum absolute atomic E-state index is 0.00837. The fourth-order valence-electron chi connectivity index (χ4n) is 4.34. The molecule has 4 atom stereocenters. The van der Waals surface area contributed by atoms with E-state index in [2.05, 4.69) is 20.3 Å². The van der Waals surface area contributed by atoms with Crippen molar-refractivity contribution in [3.63, 3.8) is 0 Å². The van der Waals surface area contributed by atoms with Gasteiger partial charge in [-0.05, 0) is 11.1 Å². The number of hydrogen-bond donors (Lipinski definition) is 5. The number of benzene rings is 2. The number of H-pyrrole nitrogens is 1. The topological polar surface area (TPSA) is 168 Å². The van der Waals surface area contributed by atoms with Crippen molar-refractivity contribution in [2.45, 2.75) is 30.5 Å². The van der Waals surface area contributed by atoms with Crippen molar-refractivity contribution in [1.29, 1.82) is 0 Å². The fourth-order valence-corrected chi connectivity index (χ4v) is 4.34. The number of anilines is 1. The number of carbonyl (C=O) groups is 1. The van der Waals surface area contributed by atoms with E-state index in [1.165, 1.54) is 10.9 Å². The lowest BCUT2D eigenvalue weighted by Gasteiger charge is -2.21. The number of nitrogen functional groups attached to an aromatic ring is 1. The lowest BCUT2D eigenvalue weighted by molar-refractivity contribution is -0.137. The summed E-state index contributed by atoms with van der Waals surface area (Å²) in [7, 11) is 0. The number of carbonyl (C=O) groups excluding carboxylic acids is 1. The Morgan fingerprint density at radius 3 is 2.34 bits per heavy atom. The molecule has 180 valence electrons. The van der Waals surface area contributed by atoms with Gasteiger partial charge in [0.15, 0.2) is 23.5 Å². The minimum atomic E-state index is -1.51. The van der Waals surface area contributed by atoms with Crippen molar-refractivity contribution in [1.82, 2.24) is 24.8 Å². The van der Waals surface area contributed by atoms with Crippen LogP contribution in [0.2, 0.25) is 0 Å². The molecular formula is C24H24N6O5. The molecular weight excluding hydrogens is 452 g/mol. The molecule has 0 bridgehead atoms. The smallest absolute Gasteiger partial charge is 0.280 e. The van der Waals surface area contributed by atoms with Gasteiger partial charge in [-0.25, -0.2) is 4.98 Å². The summed E-state index contributed by atoms with van der Waals surface area (Å²) in [5, 5.41) is 24.1. The van der Waals surface area contributed by atoms with Gasteiger partial charge in [-0.3, -0.25) is 19.1 Å². The van der Waals surface area contributed by atoms with Gasteiger partial charge in [-0.1, -0.05) is 60.7 Å².